The molecule has 98 valence electrons. The fourth-order valence-corrected chi connectivity index (χ4v) is 2.35. The van der Waals surface area contributed by atoms with Crippen LogP contribution in [0.4, 0.5) is 0 Å². The first-order valence-corrected chi connectivity index (χ1v) is 6.34. The Balaban J connectivity index is 2.41. The van der Waals surface area contributed by atoms with Crippen LogP contribution in [0.1, 0.15) is 32.6 Å². The fourth-order valence-electron chi connectivity index (χ4n) is 2.35. The zero-order chi connectivity index (χ0) is 12.7. The maximum absolute atomic E-state index is 12.1. The molecule has 1 unspecified atom stereocenters. The summed E-state index contributed by atoms with van der Waals surface area (Å²) < 4.78 is 0. The maximum Gasteiger partial charge on any atom is 0.227 e. The van der Waals surface area contributed by atoms with Gasteiger partial charge in [-0.3, -0.25) is 9.59 Å². The molecule has 0 aromatic carbocycles. The highest BCUT2D eigenvalue weighted by molar-refractivity contribution is 5.84. The van der Waals surface area contributed by atoms with Crippen LogP contribution in [0.25, 0.3) is 0 Å². The largest absolute Gasteiger partial charge is 0.359 e. The van der Waals surface area contributed by atoms with E-state index in [9.17, 15) is 9.59 Å². The molecule has 0 aromatic heterocycles. The lowest BCUT2D eigenvalue weighted by atomic mass is 9.81. The molecular weight excluding hydrogens is 218 g/mol. The van der Waals surface area contributed by atoms with Crippen molar-refractivity contribution in [3.05, 3.63) is 0 Å². The molecule has 1 heterocycles. The average molecular weight is 241 g/mol. The van der Waals surface area contributed by atoms with Crippen LogP contribution in [-0.2, 0) is 9.59 Å². The summed E-state index contributed by atoms with van der Waals surface area (Å²) in [5.41, 5.74) is -0.253. The molecule has 1 atom stereocenters. The van der Waals surface area contributed by atoms with Gasteiger partial charge in [0.25, 0.3) is 0 Å². The maximum atomic E-state index is 12.1. The Hall–Kier alpha value is -1.10. The summed E-state index contributed by atoms with van der Waals surface area (Å²) in [4.78, 5) is 23.2. The number of carbonyl (C=O) groups excluding carboxylic acids is 2. The van der Waals surface area contributed by atoms with Crippen LogP contribution in [0.15, 0.2) is 0 Å². The fraction of sp³-hybridized carbons (Fsp3) is 0.833. The number of amides is 2. The summed E-state index contributed by atoms with van der Waals surface area (Å²) in [6, 6.07) is 0. The second-order valence-corrected chi connectivity index (χ2v) is 4.64. The predicted octanol–water partition coefficient (Wildman–Crippen LogP) is 0.0185. The topological polar surface area (TPSA) is 70.2 Å². The lowest BCUT2D eigenvalue weighted by molar-refractivity contribution is -0.130. The van der Waals surface area contributed by atoms with Gasteiger partial charge >= 0.3 is 0 Å². The highest BCUT2D eigenvalue weighted by atomic mass is 16.2. The first-order valence-electron chi connectivity index (χ1n) is 6.34. The first kappa shape index (κ1) is 14.0. The van der Waals surface area contributed by atoms with Crippen LogP contribution < -0.4 is 16.0 Å². The van der Waals surface area contributed by atoms with Gasteiger partial charge in [-0.1, -0.05) is 13.3 Å². The summed E-state index contributed by atoms with van der Waals surface area (Å²) in [6.45, 7) is 4.18. The van der Waals surface area contributed by atoms with Gasteiger partial charge in [-0.05, 0) is 19.4 Å². The molecule has 0 spiro atoms. The van der Waals surface area contributed by atoms with Crippen molar-refractivity contribution in [1.82, 2.24) is 16.0 Å². The molecule has 2 amide bonds. The Labute approximate surface area is 103 Å². The van der Waals surface area contributed by atoms with E-state index in [4.69, 9.17) is 0 Å². The van der Waals surface area contributed by atoms with E-state index in [1.54, 1.807) is 7.05 Å². The van der Waals surface area contributed by atoms with Crippen molar-refractivity contribution in [2.75, 3.05) is 26.7 Å². The normalized spacial score (nSPS) is 23.4. The van der Waals surface area contributed by atoms with Crippen molar-refractivity contribution in [1.29, 1.82) is 0 Å². The van der Waals surface area contributed by atoms with Gasteiger partial charge in [-0.15, -0.1) is 0 Å². The van der Waals surface area contributed by atoms with Crippen LogP contribution in [0.5, 0.6) is 0 Å². The van der Waals surface area contributed by atoms with Gasteiger partial charge < -0.3 is 16.0 Å². The quantitative estimate of drug-likeness (QED) is 0.614. The molecule has 5 heteroatoms. The van der Waals surface area contributed by atoms with Crippen LogP contribution in [0.2, 0.25) is 0 Å². The lowest BCUT2D eigenvalue weighted by Gasteiger charge is -2.26. The monoisotopic (exact) mass is 241 g/mol. The molecule has 0 aromatic rings. The minimum atomic E-state index is -0.253. The van der Waals surface area contributed by atoms with Gasteiger partial charge in [0.1, 0.15) is 0 Å². The van der Waals surface area contributed by atoms with E-state index in [0.29, 0.717) is 13.0 Å². The van der Waals surface area contributed by atoms with Crippen molar-refractivity contribution < 1.29 is 9.59 Å². The third-order valence-corrected chi connectivity index (χ3v) is 3.37. The van der Waals surface area contributed by atoms with Crippen molar-refractivity contribution in [2.45, 2.75) is 32.6 Å². The number of rotatable bonds is 6. The molecule has 0 radical (unpaired) electrons. The van der Waals surface area contributed by atoms with Crippen LogP contribution >= 0.6 is 0 Å². The summed E-state index contributed by atoms with van der Waals surface area (Å²) in [7, 11) is 1.60. The second-order valence-electron chi connectivity index (χ2n) is 4.64. The smallest absolute Gasteiger partial charge is 0.227 e. The third kappa shape index (κ3) is 3.70. The molecular formula is C12H23N3O2. The minimum Gasteiger partial charge on any atom is -0.359 e. The van der Waals surface area contributed by atoms with E-state index in [1.807, 2.05) is 0 Å². The average Bonchev–Trinajstić information content (AvgIpc) is 2.79. The Morgan fingerprint density at radius 3 is 2.71 bits per heavy atom. The zero-order valence-electron chi connectivity index (χ0n) is 10.8. The lowest BCUT2D eigenvalue weighted by Crippen LogP contribution is -2.43. The van der Waals surface area contributed by atoms with Crippen molar-refractivity contribution in [2.24, 2.45) is 5.41 Å². The molecule has 1 aliphatic heterocycles. The predicted molar refractivity (Wildman–Crippen MR) is 66.5 cm³/mol. The standard InChI is InChI=1S/C12H23N3O2/c1-3-5-12(6-8-14-9-12)11(17)15-7-4-10(16)13-2/h14H,3-9H2,1-2H3,(H,13,16)(H,15,17). The van der Waals surface area contributed by atoms with Crippen LogP contribution in [0, 0.1) is 5.41 Å². The van der Waals surface area contributed by atoms with E-state index in [2.05, 4.69) is 22.9 Å². The summed E-state index contributed by atoms with van der Waals surface area (Å²) in [6.07, 6.45) is 3.15. The Morgan fingerprint density at radius 1 is 1.41 bits per heavy atom. The van der Waals surface area contributed by atoms with Gasteiger partial charge in [0.05, 0.1) is 5.41 Å². The second kappa shape index (κ2) is 6.59. The molecule has 1 fully saturated rings. The van der Waals surface area contributed by atoms with Gasteiger partial charge in [-0.2, -0.15) is 0 Å². The van der Waals surface area contributed by atoms with E-state index in [1.165, 1.54) is 0 Å². The molecule has 0 aliphatic carbocycles. The molecule has 3 N–H and O–H groups in total. The van der Waals surface area contributed by atoms with E-state index < -0.39 is 0 Å². The van der Waals surface area contributed by atoms with E-state index in [-0.39, 0.29) is 17.2 Å². The van der Waals surface area contributed by atoms with Crippen LogP contribution in [0.3, 0.4) is 0 Å². The van der Waals surface area contributed by atoms with Crippen molar-refractivity contribution >= 4 is 11.8 Å². The third-order valence-electron chi connectivity index (χ3n) is 3.37. The van der Waals surface area contributed by atoms with Crippen molar-refractivity contribution in [3.63, 3.8) is 0 Å². The molecule has 1 saturated heterocycles. The molecule has 1 aliphatic rings. The molecule has 17 heavy (non-hydrogen) atoms. The molecule has 1 rings (SSSR count). The highest BCUT2D eigenvalue weighted by Gasteiger charge is 2.39. The van der Waals surface area contributed by atoms with E-state index >= 15 is 0 Å². The first-order chi connectivity index (χ1) is 8.14. The van der Waals surface area contributed by atoms with E-state index in [0.717, 1.165) is 32.4 Å². The number of hydrogen-bond acceptors (Lipinski definition) is 3. The molecule has 0 bridgehead atoms. The van der Waals surface area contributed by atoms with Gasteiger partial charge in [0, 0.05) is 26.6 Å². The van der Waals surface area contributed by atoms with Crippen LogP contribution in [-0.4, -0.2) is 38.5 Å². The number of hydrogen-bond donors (Lipinski definition) is 3. The minimum absolute atomic E-state index is 0.0422. The summed E-state index contributed by atoms with van der Waals surface area (Å²) in [5, 5.41) is 8.67. The van der Waals surface area contributed by atoms with Gasteiger partial charge in [0.2, 0.25) is 11.8 Å². The Bertz CT molecular complexity index is 273. The summed E-state index contributed by atoms with van der Waals surface area (Å²) in [5.74, 6) is 0.0487. The molecule has 5 nitrogen and oxygen atoms in total. The van der Waals surface area contributed by atoms with Gasteiger partial charge in [0.15, 0.2) is 0 Å². The summed E-state index contributed by atoms with van der Waals surface area (Å²) >= 11 is 0. The van der Waals surface area contributed by atoms with Crippen molar-refractivity contribution in [3.8, 4) is 0 Å². The Kier molecular flexibility index (Phi) is 5.41. The zero-order valence-corrected chi connectivity index (χ0v) is 10.8. The highest BCUT2D eigenvalue weighted by Crippen LogP contribution is 2.31. The molecule has 0 saturated carbocycles. The Morgan fingerprint density at radius 2 is 2.18 bits per heavy atom. The number of nitrogens with one attached hydrogen (secondary N) is 3. The SMILES string of the molecule is CCCC1(C(=O)NCCC(=O)NC)CCNC1. The van der Waals surface area contributed by atoms with Gasteiger partial charge in [-0.25, -0.2) is 0 Å². The number of carbonyl (C=O) groups is 2.